The molecule has 6 heteroatoms. The molecule has 138 valence electrons. The maximum atomic E-state index is 12.4. The van der Waals surface area contributed by atoms with Crippen LogP contribution < -0.4 is 14.8 Å². The van der Waals surface area contributed by atoms with Gasteiger partial charge in [0.25, 0.3) is 0 Å². The number of likely N-dealkylation sites (N-methyl/N-ethyl adjacent to an activating group) is 1. The first-order chi connectivity index (χ1) is 12.7. The summed E-state index contributed by atoms with van der Waals surface area (Å²) in [4.78, 5) is 14.1. The molecule has 2 aromatic rings. The van der Waals surface area contributed by atoms with Crippen molar-refractivity contribution in [2.24, 2.45) is 0 Å². The largest absolute Gasteiger partial charge is 0.508 e. The maximum absolute atomic E-state index is 12.4. The molecule has 1 aliphatic rings. The number of benzene rings is 2. The van der Waals surface area contributed by atoms with Gasteiger partial charge in [-0.05, 0) is 43.2 Å². The van der Waals surface area contributed by atoms with Gasteiger partial charge in [-0.15, -0.1) is 0 Å². The number of hydrogen-bond donors (Lipinski definition) is 2. The van der Waals surface area contributed by atoms with Crippen LogP contribution in [0.3, 0.4) is 0 Å². The molecule has 2 amide bonds. The molecule has 2 N–H and O–H groups in total. The Morgan fingerprint density at radius 3 is 2.81 bits per heavy atom. The Kier molecular flexibility index (Phi) is 5.84. The zero-order chi connectivity index (χ0) is 18.4. The van der Waals surface area contributed by atoms with Gasteiger partial charge in [0.1, 0.15) is 12.4 Å². The fraction of sp³-hybridized carbons (Fsp3) is 0.350. The third-order valence-electron chi connectivity index (χ3n) is 4.26. The van der Waals surface area contributed by atoms with Gasteiger partial charge in [0, 0.05) is 13.1 Å². The molecule has 1 unspecified atom stereocenters. The number of aromatic hydroxyl groups is 1. The minimum atomic E-state index is -0.193. The van der Waals surface area contributed by atoms with Crippen LogP contribution in [0.2, 0.25) is 0 Å². The lowest BCUT2D eigenvalue weighted by molar-refractivity contribution is 0.0676. The molecule has 0 bridgehead atoms. The van der Waals surface area contributed by atoms with E-state index < -0.39 is 0 Å². The summed E-state index contributed by atoms with van der Waals surface area (Å²) >= 11 is 0. The van der Waals surface area contributed by atoms with Gasteiger partial charge in [-0.25, -0.2) is 4.79 Å². The molecule has 0 fully saturated rings. The molecule has 0 saturated carbocycles. The first-order valence-corrected chi connectivity index (χ1v) is 8.85. The van der Waals surface area contributed by atoms with E-state index in [-0.39, 0.29) is 17.9 Å². The van der Waals surface area contributed by atoms with Crippen molar-refractivity contribution in [1.82, 2.24) is 10.2 Å². The third kappa shape index (κ3) is 4.59. The first kappa shape index (κ1) is 17.9. The number of carbonyl (C=O) groups excluding carboxylic acids is 1. The van der Waals surface area contributed by atoms with E-state index in [0.29, 0.717) is 38.4 Å². The second kappa shape index (κ2) is 8.47. The highest BCUT2D eigenvalue weighted by Gasteiger charge is 2.24. The van der Waals surface area contributed by atoms with Crippen LogP contribution in [0.25, 0.3) is 0 Å². The highest BCUT2D eigenvalue weighted by atomic mass is 16.6. The van der Waals surface area contributed by atoms with Crippen molar-refractivity contribution >= 4 is 6.03 Å². The molecule has 0 spiro atoms. The number of nitrogens with one attached hydrogen (secondary N) is 1. The average Bonchev–Trinajstić information content (AvgIpc) is 2.66. The van der Waals surface area contributed by atoms with Crippen molar-refractivity contribution in [3.8, 4) is 17.2 Å². The Bertz CT molecular complexity index is 750. The van der Waals surface area contributed by atoms with Gasteiger partial charge in [0.2, 0.25) is 0 Å². The van der Waals surface area contributed by atoms with Crippen LogP contribution in [0.4, 0.5) is 4.79 Å². The monoisotopic (exact) mass is 356 g/mol. The van der Waals surface area contributed by atoms with Crippen molar-refractivity contribution in [3.05, 3.63) is 54.1 Å². The standard InChI is InChI=1S/C20H24N2O4/c1-2-22(13-17-14-25-18-8-3-4-9-19(18)26-17)20(24)21-11-10-15-6-5-7-16(23)12-15/h3-9,12,17,23H,2,10-11,13-14H2,1H3,(H,21,24). The Balaban J connectivity index is 1.48. The second-order valence-corrected chi connectivity index (χ2v) is 6.19. The predicted molar refractivity (Wildman–Crippen MR) is 98.8 cm³/mol. The SMILES string of the molecule is CCN(CC1COc2ccccc2O1)C(=O)NCCc1cccc(O)c1. The number of para-hydroxylation sites is 2. The summed E-state index contributed by atoms with van der Waals surface area (Å²) in [6.45, 7) is 3.91. The summed E-state index contributed by atoms with van der Waals surface area (Å²) in [6, 6.07) is 14.5. The number of rotatable bonds is 6. The lowest BCUT2D eigenvalue weighted by Gasteiger charge is -2.31. The molecule has 1 heterocycles. The van der Waals surface area contributed by atoms with E-state index in [9.17, 15) is 9.90 Å². The molecule has 26 heavy (non-hydrogen) atoms. The maximum Gasteiger partial charge on any atom is 0.317 e. The Morgan fingerprint density at radius 2 is 2.04 bits per heavy atom. The molecule has 6 nitrogen and oxygen atoms in total. The Morgan fingerprint density at radius 1 is 1.23 bits per heavy atom. The summed E-state index contributed by atoms with van der Waals surface area (Å²) < 4.78 is 11.6. The average molecular weight is 356 g/mol. The molecule has 1 aliphatic heterocycles. The summed E-state index contributed by atoms with van der Waals surface area (Å²) in [5.41, 5.74) is 0.981. The Labute approximate surface area is 153 Å². The highest BCUT2D eigenvalue weighted by molar-refractivity contribution is 5.74. The third-order valence-corrected chi connectivity index (χ3v) is 4.26. The molecular weight excluding hydrogens is 332 g/mol. The van der Waals surface area contributed by atoms with Crippen LogP contribution in [0.15, 0.2) is 48.5 Å². The van der Waals surface area contributed by atoms with Crippen molar-refractivity contribution in [2.75, 3.05) is 26.2 Å². The van der Waals surface area contributed by atoms with Crippen molar-refractivity contribution in [1.29, 1.82) is 0 Å². The number of phenols is 1. The van der Waals surface area contributed by atoms with Gasteiger partial charge < -0.3 is 24.8 Å². The molecule has 0 aliphatic carbocycles. The molecule has 0 aromatic heterocycles. The van der Waals surface area contributed by atoms with Crippen LogP contribution in [0.5, 0.6) is 17.2 Å². The van der Waals surface area contributed by atoms with Gasteiger partial charge in [-0.2, -0.15) is 0 Å². The van der Waals surface area contributed by atoms with Gasteiger partial charge in [0.15, 0.2) is 17.6 Å². The topological polar surface area (TPSA) is 71.0 Å². The highest BCUT2D eigenvalue weighted by Crippen LogP contribution is 2.30. The van der Waals surface area contributed by atoms with E-state index in [4.69, 9.17) is 9.47 Å². The number of carbonyl (C=O) groups is 1. The van der Waals surface area contributed by atoms with Crippen LogP contribution in [0.1, 0.15) is 12.5 Å². The van der Waals surface area contributed by atoms with Crippen LogP contribution in [0, 0.1) is 0 Å². The normalized spacial score (nSPS) is 15.3. The molecule has 2 aromatic carbocycles. The lowest BCUT2D eigenvalue weighted by atomic mass is 10.1. The number of urea groups is 1. The second-order valence-electron chi connectivity index (χ2n) is 6.19. The molecule has 3 rings (SSSR count). The van der Waals surface area contributed by atoms with Crippen LogP contribution >= 0.6 is 0 Å². The summed E-state index contributed by atoms with van der Waals surface area (Å²) in [7, 11) is 0. The van der Waals surface area contributed by atoms with Gasteiger partial charge in [-0.3, -0.25) is 0 Å². The van der Waals surface area contributed by atoms with E-state index >= 15 is 0 Å². The number of hydrogen-bond acceptors (Lipinski definition) is 4. The summed E-state index contributed by atoms with van der Waals surface area (Å²) in [5.74, 6) is 1.69. The van der Waals surface area contributed by atoms with E-state index in [1.165, 1.54) is 0 Å². The zero-order valence-electron chi connectivity index (χ0n) is 14.9. The number of nitrogens with zero attached hydrogens (tertiary/aromatic N) is 1. The van der Waals surface area contributed by atoms with Crippen molar-refractivity contribution < 1.29 is 19.4 Å². The molecular formula is C20H24N2O4. The van der Waals surface area contributed by atoms with E-state index in [1.807, 2.05) is 37.3 Å². The first-order valence-electron chi connectivity index (χ1n) is 8.85. The smallest absolute Gasteiger partial charge is 0.317 e. The zero-order valence-corrected chi connectivity index (χ0v) is 14.9. The van der Waals surface area contributed by atoms with E-state index in [0.717, 1.165) is 11.3 Å². The summed E-state index contributed by atoms with van der Waals surface area (Å²) in [5, 5.41) is 12.4. The minimum absolute atomic E-state index is 0.130. The number of phenolic OH excluding ortho intramolecular Hbond substituents is 1. The molecule has 0 radical (unpaired) electrons. The van der Waals surface area contributed by atoms with Gasteiger partial charge in [-0.1, -0.05) is 24.3 Å². The van der Waals surface area contributed by atoms with Crippen molar-refractivity contribution in [2.45, 2.75) is 19.4 Å². The fourth-order valence-electron chi connectivity index (χ4n) is 2.89. The molecule has 1 atom stereocenters. The quantitative estimate of drug-likeness (QED) is 0.835. The van der Waals surface area contributed by atoms with E-state index in [2.05, 4.69) is 5.32 Å². The number of ether oxygens (including phenoxy) is 2. The lowest BCUT2D eigenvalue weighted by Crippen LogP contribution is -2.47. The Hall–Kier alpha value is -2.89. The van der Waals surface area contributed by atoms with Crippen molar-refractivity contribution in [3.63, 3.8) is 0 Å². The number of fused-ring (bicyclic) bond motifs is 1. The predicted octanol–water partition coefficient (Wildman–Crippen LogP) is 2.81. The van der Waals surface area contributed by atoms with Crippen LogP contribution in [-0.4, -0.2) is 48.4 Å². The van der Waals surface area contributed by atoms with Crippen LogP contribution in [-0.2, 0) is 6.42 Å². The minimum Gasteiger partial charge on any atom is -0.508 e. The van der Waals surface area contributed by atoms with E-state index in [1.54, 1.807) is 23.1 Å². The van der Waals surface area contributed by atoms with Gasteiger partial charge >= 0.3 is 6.03 Å². The number of amides is 2. The summed E-state index contributed by atoms with van der Waals surface area (Å²) in [6.07, 6.45) is 0.468. The van der Waals surface area contributed by atoms with Gasteiger partial charge in [0.05, 0.1) is 6.54 Å². The fourth-order valence-corrected chi connectivity index (χ4v) is 2.89. The molecule has 0 saturated heterocycles.